The Labute approximate surface area is 117 Å². The summed E-state index contributed by atoms with van der Waals surface area (Å²) in [5, 5.41) is 7.28. The van der Waals surface area contributed by atoms with Crippen LogP contribution in [0, 0.1) is 6.92 Å². The highest BCUT2D eigenvalue weighted by molar-refractivity contribution is 6.30. The maximum atomic E-state index is 5.86. The summed E-state index contributed by atoms with van der Waals surface area (Å²) in [5.74, 6) is 1.48. The average molecular weight is 275 g/mol. The first-order chi connectivity index (χ1) is 9.19. The molecule has 1 heterocycles. The van der Waals surface area contributed by atoms with Gasteiger partial charge in [0, 0.05) is 28.5 Å². The molecule has 1 aliphatic carbocycles. The van der Waals surface area contributed by atoms with Crippen LogP contribution in [0.15, 0.2) is 30.3 Å². The Bertz CT molecular complexity index is 578. The maximum Gasteiger partial charge on any atom is 0.229 e. The van der Waals surface area contributed by atoms with Crippen molar-refractivity contribution < 1.29 is 0 Å². The predicted molar refractivity (Wildman–Crippen MR) is 78.1 cm³/mol. The molecular weight excluding hydrogens is 260 g/mol. The summed E-state index contributed by atoms with van der Waals surface area (Å²) in [6, 6.07) is 10.0. The van der Waals surface area contributed by atoms with Crippen LogP contribution in [0.5, 0.6) is 0 Å². The summed E-state index contributed by atoms with van der Waals surface area (Å²) in [6.45, 7) is 1.97. The number of rotatable bonds is 4. The van der Waals surface area contributed by atoms with Gasteiger partial charge in [0.05, 0.1) is 0 Å². The first-order valence-electron chi connectivity index (χ1n) is 6.34. The highest BCUT2D eigenvalue weighted by Gasteiger charge is 2.21. The molecular formula is C14H15ClN4. The summed E-state index contributed by atoms with van der Waals surface area (Å²) < 4.78 is 0. The van der Waals surface area contributed by atoms with Crippen LogP contribution in [0.4, 0.5) is 17.5 Å². The van der Waals surface area contributed by atoms with E-state index in [0.29, 0.717) is 17.0 Å². The molecule has 1 aliphatic rings. The van der Waals surface area contributed by atoms with Crippen molar-refractivity contribution in [2.24, 2.45) is 0 Å². The summed E-state index contributed by atoms with van der Waals surface area (Å²) >= 11 is 5.86. The lowest BCUT2D eigenvalue weighted by molar-refractivity contribution is 1.06. The Morgan fingerprint density at radius 1 is 1.16 bits per heavy atom. The van der Waals surface area contributed by atoms with Gasteiger partial charge in [-0.2, -0.15) is 4.98 Å². The molecule has 0 atom stereocenters. The molecule has 0 aliphatic heterocycles. The lowest BCUT2D eigenvalue weighted by Crippen LogP contribution is -2.06. The Balaban J connectivity index is 1.79. The van der Waals surface area contributed by atoms with E-state index in [4.69, 9.17) is 11.6 Å². The van der Waals surface area contributed by atoms with E-state index in [1.54, 1.807) is 0 Å². The van der Waals surface area contributed by atoms with Crippen molar-refractivity contribution in [3.8, 4) is 0 Å². The first-order valence-corrected chi connectivity index (χ1v) is 6.72. The third-order valence-corrected chi connectivity index (χ3v) is 3.14. The Hall–Kier alpha value is -1.81. The van der Waals surface area contributed by atoms with Gasteiger partial charge in [0.1, 0.15) is 5.82 Å². The fraction of sp³-hybridized carbons (Fsp3) is 0.286. The zero-order valence-electron chi connectivity index (χ0n) is 10.7. The van der Waals surface area contributed by atoms with Crippen molar-refractivity contribution in [3.05, 3.63) is 41.0 Å². The number of anilines is 3. The first kappa shape index (κ1) is 12.2. The topological polar surface area (TPSA) is 49.8 Å². The summed E-state index contributed by atoms with van der Waals surface area (Å²) in [4.78, 5) is 8.85. The smallest absolute Gasteiger partial charge is 0.229 e. The minimum atomic E-state index is 0.581. The van der Waals surface area contributed by atoms with Crippen molar-refractivity contribution in [2.75, 3.05) is 10.6 Å². The van der Waals surface area contributed by atoms with Gasteiger partial charge in [-0.3, -0.25) is 0 Å². The van der Waals surface area contributed by atoms with Gasteiger partial charge in [-0.15, -0.1) is 0 Å². The molecule has 2 N–H and O–H groups in total. The molecule has 0 spiro atoms. The molecule has 0 radical (unpaired) electrons. The molecule has 1 saturated carbocycles. The molecule has 1 aromatic carbocycles. The van der Waals surface area contributed by atoms with E-state index in [0.717, 1.165) is 17.2 Å². The number of benzene rings is 1. The second kappa shape index (κ2) is 5.05. The van der Waals surface area contributed by atoms with Crippen LogP contribution in [-0.2, 0) is 0 Å². The number of aromatic nitrogens is 2. The van der Waals surface area contributed by atoms with Crippen LogP contribution in [0.1, 0.15) is 18.5 Å². The standard InChI is InChI=1S/C14H15ClN4/c1-9-8-13(17-11-6-7-11)19-14(16-9)18-12-4-2-10(15)3-5-12/h2-5,8,11H,6-7H2,1H3,(H2,16,17,18,19). The third kappa shape index (κ3) is 3.35. The van der Waals surface area contributed by atoms with Gasteiger partial charge in [0.25, 0.3) is 0 Å². The van der Waals surface area contributed by atoms with Gasteiger partial charge in [0.15, 0.2) is 0 Å². The zero-order chi connectivity index (χ0) is 13.2. The average Bonchev–Trinajstić information content (AvgIpc) is 3.15. The van der Waals surface area contributed by atoms with E-state index in [1.807, 2.05) is 37.3 Å². The van der Waals surface area contributed by atoms with Crippen LogP contribution in [0.2, 0.25) is 5.02 Å². The Morgan fingerprint density at radius 3 is 2.58 bits per heavy atom. The van der Waals surface area contributed by atoms with Gasteiger partial charge in [0.2, 0.25) is 5.95 Å². The third-order valence-electron chi connectivity index (χ3n) is 2.88. The number of nitrogens with zero attached hydrogens (tertiary/aromatic N) is 2. The van der Waals surface area contributed by atoms with Crippen LogP contribution in [0.25, 0.3) is 0 Å². The van der Waals surface area contributed by atoms with E-state index >= 15 is 0 Å². The predicted octanol–water partition coefficient (Wildman–Crippen LogP) is 3.76. The van der Waals surface area contributed by atoms with Gasteiger partial charge >= 0.3 is 0 Å². The Morgan fingerprint density at radius 2 is 1.89 bits per heavy atom. The molecule has 98 valence electrons. The van der Waals surface area contributed by atoms with Crippen molar-refractivity contribution in [3.63, 3.8) is 0 Å². The van der Waals surface area contributed by atoms with Crippen LogP contribution in [0.3, 0.4) is 0 Å². The molecule has 1 fully saturated rings. The van der Waals surface area contributed by atoms with E-state index in [2.05, 4.69) is 20.6 Å². The van der Waals surface area contributed by atoms with E-state index < -0.39 is 0 Å². The lowest BCUT2D eigenvalue weighted by atomic mass is 10.3. The van der Waals surface area contributed by atoms with E-state index in [-0.39, 0.29) is 0 Å². The lowest BCUT2D eigenvalue weighted by Gasteiger charge is -2.09. The van der Waals surface area contributed by atoms with Gasteiger partial charge in [-0.25, -0.2) is 4.98 Å². The quantitative estimate of drug-likeness (QED) is 0.891. The van der Waals surface area contributed by atoms with Crippen LogP contribution >= 0.6 is 11.6 Å². The number of halogens is 1. The molecule has 19 heavy (non-hydrogen) atoms. The SMILES string of the molecule is Cc1cc(NC2CC2)nc(Nc2ccc(Cl)cc2)n1. The minimum absolute atomic E-state index is 0.581. The molecule has 5 heteroatoms. The molecule has 0 amide bonds. The second-order valence-electron chi connectivity index (χ2n) is 4.77. The molecule has 2 aromatic rings. The number of nitrogens with one attached hydrogen (secondary N) is 2. The van der Waals surface area contributed by atoms with E-state index in [9.17, 15) is 0 Å². The van der Waals surface area contributed by atoms with Crippen molar-refractivity contribution in [1.82, 2.24) is 9.97 Å². The normalized spacial score (nSPS) is 14.2. The van der Waals surface area contributed by atoms with Crippen molar-refractivity contribution in [2.45, 2.75) is 25.8 Å². The summed E-state index contributed by atoms with van der Waals surface area (Å²) in [6.07, 6.45) is 2.45. The van der Waals surface area contributed by atoms with E-state index in [1.165, 1.54) is 12.8 Å². The number of aryl methyl sites for hydroxylation is 1. The maximum absolute atomic E-state index is 5.86. The molecule has 0 bridgehead atoms. The largest absolute Gasteiger partial charge is 0.367 e. The van der Waals surface area contributed by atoms with Gasteiger partial charge in [-0.05, 0) is 44.0 Å². The van der Waals surface area contributed by atoms with Crippen LogP contribution < -0.4 is 10.6 Å². The zero-order valence-corrected chi connectivity index (χ0v) is 11.4. The number of hydrogen-bond donors (Lipinski definition) is 2. The molecule has 0 saturated heterocycles. The summed E-state index contributed by atoms with van der Waals surface area (Å²) in [5.41, 5.74) is 1.86. The fourth-order valence-corrected chi connectivity index (χ4v) is 1.92. The molecule has 4 nitrogen and oxygen atoms in total. The highest BCUT2D eigenvalue weighted by atomic mass is 35.5. The van der Waals surface area contributed by atoms with Gasteiger partial charge < -0.3 is 10.6 Å². The minimum Gasteiger partial charge on any atom is -0.367 e. The van der Waals surface area contributed by atoms with Crippen LogP contribution in [-0.4, -0.2) is 16.0 Å². The highest BCUT2D eigenvalue weighted by Crippen LogP contribution is 2.25. The van der Waals surface area contributed by atoms with Crippen molar-refractivity contribution >= 4 is 29.1 Å². The number of hydrogen-bond acceptors (Lipinski definition) is 4. The van der Waals surface area contributed by atoms with Crippen molar-refractivity contribution in [1.29, 1.82) is 0 Å². The monoisotopic (exact) mass is 274 g/mol. The summed E-state index contributed by atoms with van der Waals surface area (Å²) in [7, 11) is 0. The molecule has 3 rings (SSSR count). The second-order valence-corrected chi connectivity index (χ2v) is 5.21. The molecule has 1 aromatic heterocycles. The molecule has 0 unspecified atom stereocenters. The Kier molecular flexibility index (Phi) is 3.25. The fourth-order valence-electron chi connectivity index (χ4n) is 1.80. The van der Waals surface area contributed by atoms with Gasteiger partial charge in [-0.1, -0.05) is 11.6 Å².